The summed E-state index contributed by atoms with van der Waals surface area (Å²) >= 11 is 0. The molecule has 7 nitrogen and oxygen atoms in total. The summed E-state index contributed by atoms with van der Waals surface area (Å²) in [6.07, 6.45) is 4.86. The van der Waals surface area contributed by atoms with Crippen molar-refractivity contribution in [2.45, 2.75) is 38.3 Å². The van der Waals surface area contributed by atoms with Gasteiger partial charge in [0.25, 0.3) is 0 Å². The molecule has 2 aromatic rings. The highest BCUT2D eigenvalue weighted by molar-refractivity contribution is 5.84. The summed E-state index contributed by atoms with van der Waals surface area (Å²) in [6.45, 7) is 7.92. The van der Waals surface area contributed by atoms with Gasteiger partial charge >= 0.3 is 0 Å². The quantitative estimate of drug-likeness (QED) is 0.821. The molecule has 0 aliphatic carbocycles. The zero-order valence-electron chi connectivity index (χ0n) is 17.0. The van der Waals surface area contributed by atoms with Gasteiger partial charge in [-0.15, -0.1) is 0 Å². The molecule has 1 atom stereocenters. The first kappa shape index (κ1) is 19.4. The van der Waals surface area contributed by atoms with Crippen LogP contribution in [0.2, 0.25) is 0 Å². The van der Waals surface area contributed by atoms with Crippen molar-refractivity contribution in [3.8, 4) is 0 Å². The Morgan fingerprint density at radius 2 is 1.93 bits per heavy atom. The fourth-order valence-electron chi connectivity index (χ4n) is 4.67. The van der Waals surface area contributed by atoms with Crippen LogP contribution >= 0.6 is 0 Å². The van der Waals surface area contributed by atoms with E-state index in [0.29, 0.717) is 12.5 Å². The number of nitrogens with two attached hydrogens (primary N) is 1. The molecular formula is C21H32N6O. The molecule has 152 valence electrons. The minimum absolute atomic E-state index is 0.0768. The monoisotopic (exact) mass is 384 g/mol. The van der Waals surface area contributed by atoms with Gasteiger partial charge in [0.2, 0.25) is 5.91 Å². The SMILES string of the molecule is Cc1cc(CC(N)C(=O)N2CCN(C3CCN(C)CC3)CC2)cc2cn[nH]c12. The highest BCUT2D eigenvalue weighted by atomic mass is 16.2. The molecule has 0 bridgehead atoms. The van der Waals surface area contributed by atoms with E-state index in [9.17, 15) is 4.79 Å². The summed E-state index contributed by atoms with van der Waals surface area (Å²) in [5, 5.41) is 8.19. The summed E-state index contributed by atoms with van der Waals surface area (Å²) in [7, 11) is 2.19. The number of amides is 1. The average Bonchev–Trinajstić information content (AvgIpc) is 3.17. The van der Waals surface area contributed by atoms with Gasteiger partial charge in [-0.25, -0.2) is 0 Å². The molecule has 3 N–H and O–H groups in total. The van der Waals surface area contributed by atoms with Crippen molar-refractivity contribution in [2.75, 3.05) is 46.3 Å². The van der Waals surface area contributed by atoms with Gasteiger partial charge in [-0.1, -0.05) is 6.07 Å². The van der Waals surface area contributed by atoms with Crippen LogP contribution < -0.4 is 5.73 Å². The van der Waals surface area contributed by atoms with Crippen LogP contribution in [0.4, 0.5) is 0 Å². The summed E-state index contributed by atoms with van der Waals surface area (Å²) < 4.78 is 0. The van der Waals surface area contributed by atoms with E-state index in [4.69, 9.17) is 5.73 Å². The first-order valence-corrected chi connectivity index (χ1v) is 10.4. The Bertz CT molecular complexity index is 817. The van der Waals surface area contributed by atoms with Crippen LogP contribution in [0.25, 0.3) is 10.9 Å². The number of H-pyrrole nitrogens is 1. The lowest BCUT2D eigenvalue weighted by molar-refractivity contribution is -0.134. The van der Waals surface area contributed by atoms with Gasteiger partial charge < -0.3 is 15.5 Å². The number of likely N-dealkylation sites (tertiary alicyclic amines) is 1. The van der Waals surface area contributed by atoms with Crippen LogP contribution in [0.1, 0.15) is 24.0 Å². The molecule has 2 fully saturated rings. The van der Waals surface area contributed by atoms with Crippen molar-refractivity contribution in [3.05, 3.63) is 29.5 Å². The lowest BCUT2D eigenvalue weighted by Crippen LogP contribution is -2.56. The Balaban J connectivity index is 1.31. The van der Waals surface area contributed by atoms with Crippen molar-refractivity contribution < 1.29 is 4.79 Å². The van der Waals surface area contributed by atoms with Crippen molar-refractivity contribution >= 4 is 16.8 Å². The van der Waals surface area contributed by atoms with E-state index in [2.05, 4.69) is 46.1 Å². The maximum atomic E-state index is 12.9. The third kappa shape index (κ3) is 4.06. The van der Waals surface area contributed by atoms with Crippen LogP contribution in [0.3, 0.4) is 0 Å². The molecule has 7 heteroatoms. The van der Waals surface area contributed by atoms with Gasteiger partial charge in [0.05, 0.1) is 17.8 Å². The number of nitrogens with one attached hydrogen (secondary N) is 1. The van der Waals surface area contributed by atoms with Gasteiger partial charge in [-0.05, 0) is 63.5 Å². The number of carbonyl (C=O) groups excluding carboxylic acids is 1. The number of fused-ring (bicyclic) bond motifs is 1. The van der Waals surface area contributed by atoms with Crippen molar-refractivity contribution in [1.29, 1.82) is 0 Å². The van der Waals surface area contributed by atoms with Crippen LogP contribution in [0.15, 0.2) is 18.3 Å². The summed E-state index contributed by atoms with van der Waals surface area (Å²) in [6, 6.07) is 4.37. The zero-order chi connectivity index (χ0) is 19.7. The number of carbonyl (C=O) groups is 1. The molecular weight excluding hydrogens is 352 g/mol. The van der Waals surface area contributed by atoms with Gasteiger partial charge in [0.15, 0.2) is 0 Å². The van der Waals surface area contributed by atoms with E-state index in [1.54, 1.807) is 0 Å². The number of piperidine rings is 1. The van der Waals surface area contributed by atoms with Crippen LogP contribution in [0, 0.1) is 6.92 Å². The second-order valence-electron chi connectivity index (χ2n) is 8.45. The predicted molar refractivity (Wildman–Crippen MR) is 111 cm³/mol. The number of rotatable bonds is 4. The van der Waals surface area contributed by atoms with Crippen LogP contribution in [-0.4, -0.2) is 89.2 Å². The summed E-state index contributed by atoms with van der Waals surface area (Å²) in [5.74, 6) is 0.0768. The third-order valence-corrected chi connectivity index (χ3v) is 6.41. The van der Waals surface area contributed by atoms with E-state index in [0.717, 1.165) is 48.2 Å². The third-order valence-electron chi connectivity index (χ3n) is 6.41. The topological polar surface area (TPSA) is 81.5 Å². The Hall–Kier alpha value is -1.96. The molecule has 1 unspecified atom stereocenters. The van der Waals surface area contributed by atoms with E-state index >= 15 is 0 Å². The highest BCUT2D eigenvalue weighted by Gasteiger charge is 2.29. The number of hydrogen-bond acceptors (Lipinski definition) is 5. The molecule has 1 aromatic carbocycles. The summed E-state index contributed by atoms with van der Waals surface area (Å²) in [5.41, 5.74) is 9.59. The van der Waals surface area contributed by atoms with Crippen LogP contribution in [-0.2, 0) is 11.2 Å². The maximum Gasteiger partial charge on any atom is 0.239 e. The normalized spacial score (nSPS) is 21.3. The number of aromatic nitrogens is 2. The largest absolute Gasteiger partial charge is 0.339 e. The van der Waals surface area contributed by atoms with Gasteiger partial charge in [-0.2, -0.15) is 5.10 Å². The van der Waals surface area contributed by atoms with Crippen molar-refractivity contribution in [2.24, 2.45) is 5.73 Å². The molecule has 2 aliphatic heterocycles. The molecule has 0 radical (unpaired) electrons. The molecule has 2 aliphatic rings. The van der Waals surface area contributed by atoms with Gasteiger partial charge in [0.1, 0.15) is 0 Å². The Labute approximate surface area is 166 Å². The number of benzene rings is 1. The number of nitrogens with zero attached hydrogens (tertiary/aromatic N) is 4. The maximum absolute atomic E-state index is 12.9. The zero-order valence-corrected chi connectivity index (χ0v) is 17.0. The van der Waals surface area contributed by atoms with Gasteiger partial charge in [-0.3, -0.25) is 14.8 Å². The standard InChI is InChI=1S/C21H32N6O/c1-15-11-16(12-17-14-23-24-20(15)17)13-19(22)21(28)27-9-7-26(8-10-27)18-3-5-25(2)6-4-18/h11-12,14,18-19H,3-10,13,22H2,1-2H3,(H,23,24). The van der Waals surface area contributed by atoms with E-state index < -0.39 is 6.04 Å². The van der Waals surface area contributed by atoms with E-state index in [1.165, 1.54) is 25.9 Å². The molecule has 3 heterocycles. The Morgan fingerprint density at radius 1 is 1.21 bits per heavy atom. The molecule has 1 aromatic heterocycles. The fraction of sp³-hybridized carbons (Fsp3) is 0.619. The second-order valence-corrected chi connectivity index (χ2v) is 8.45. The fourth-order valence-corrected chi connectivity index (χ4v) is 4.67. The number of hydrogen-bond donors (Lipinski definition) is 2. The van der Waals surface area contributed by atoms with Crippen molar-refractivity contribution in [3.63, 3.8) is 0 Å². The number of piperazine rings is 1. The highest BCUT2D eigenvalue weighted by Crippen LogP contribution is 2.20. The molecule has 28 heavy (non-hydrogen) atoms. The van der Waals surface area contributed by atoms with Crippen molar-refractivity contribution in [1.82, 2.24) is 24.9 Å². The van der Waals surface area contributed by atoms with E-state index in [-0.39, 0.29) is 5.91 Å². The molecule has 4 rings (SSSR count). The number of aromatic amines is 1. The second kappa shape index (κ2) is 8.19. The van der Waals surface area contributed by atoms with E-state index in [1.807, 2.05) is 11.1 Å². The Morgan fingerprint density at radius 3 is 2.64 bits per heavy atom. The first-order chi connectivity index (χ1) is 13.5. The molecule has 0 saturated carbocycles. The minimum atomic E-state index is -0.487. The lowest BCUT2D eigenvalue weighted by atomic mass is 10.0. The predicted octanol–water partition coefficient (Wildman–Crippen LogP) is 0.980. The molecule has 2 saturated heterocycles. The minimum Gasteiger partial charge on any atom is -0.339 e. The molecule has 1 amide bonds. The number of aryl methyl sites for hydroxylation is 1. The average molecular weight is 385 g/mol. The smallest absolute Gasteiger partial charge is 0.239 e. The first-order valence-electron chi connectivity index (χ1n) is 10.4. The van der Waals surface area contributed by atoms with Crippen LogP contribution in [0.5, 0.6) is 0 Å². The Kier molecular flexibility index (Phi) is 5.66. The summed E-state index contributed by atoms with van der Waals surface area (Å²) in [4.78, 5) is 19.8. The van der Waals surface area contributed by atoms with Gasteiger partial charge in [0, 0.05) is 37.6 Å². The lowest BCUT2D eigenvalue weighted by Gasteiger charge is -2.42. The molecule has 0 spiro atoms.